The van der Waals surface area contributed by atoms with E-state index in [1.165, 1.54) is 30.8 Å². The molecule has 0 saturated heterocycles. The van der Waals surface area contributed by atoms with Crippen LogP contribution in [0.15, 0.2) is 53.4 Å². The van der Waals surface area contributed by atoms with Crippen LogP contribution in [0.2, 0.25) is 0 Å². The first-order valence-electron chi connectivity index (χ1n) is 9.02. The molecule has 0 aliphatic carbocycles. The Bertz CT molecular complexity index is 886. The fourth-order valence-corrected chi connectivity index (χ4v) is 3.09. The minimum atomic E-state index is -0.800. The second-order valence-electron chi connectivity index (χ2n) is 5.88. The van der Waals surface area contributed by atoms with Gasteiger partial charge in [0.25, 0.3) is 0 Å². The lowest BCUT2D eigenvalue weighted by molar-refractivity contribution is -0.492. The number of esters is 3. The molecule has 0 atom stereocenters. The average Bonchev–Trinajstić information content (AvgIpc) is 2.73. The van der Waals surface area contributed by atoms with E-state index in [9.17, 15) is 14.4 Å². The molecule has 2 aromatic rings. The van der Waals surface area contributed by atoms with Crippen LogP contribution in [0.3, 0.4) is 0 Å². The van der Waals surface area contributed by atoms with E-state index >= 15 is 0 Å². The van der Waals surface area contributed by atoms with Crippen LogP contribution in [0, 0.1) is 0 Å². The number of benzene rings is 2. The summed E-state index contributed by atoms with van der Waals surface area (Å²) < 4.78 is 14.8. The van der Waals surface area contributed by atoms with Crippen molar-refractivity contribution >= 4 is 29.7 Å². The molecule has 2 rings (SSSR count). The second kappa shape index (κ2) is 12.7. The number of rotatable bonds is 11. The van der Waals surface area contributed by atoms with Crippen LogP contribution in [0.4, 0.5) is 0 Å². The molecule has 0 amide bonds. The number of carbonyl (C=O) groups is 3. The van der Waals surface area contributed by atoms with Crippen molar-refractivity contribution in [2.45, 2.75) is 18.2 Å². The highest BCUT2D eigenvalue weighted by atomic mass is 32.2. The summed E-state index contributed by atoms with van der Waals surface area (Å²) in [5.74, 6) is -1.33. The third-order valence-electron chi connectivity index (χ3n) is 3.59. The number of para-hydroxylation sites is 1. The second-order valence-corrected chi connectivity index (χ2v) is 7.05. The molecule has 2 N–H and O–H groups in total. The molecular formula is C20H21NO9S. The molecule has 0 heterocycles. The fraction of sp³-hybridized carbons (Fsp3) is 0.250. The molecular weight excluding hydrogens is 430 g/mol. The topological polar surface area (TPSA) is 132 Å². The fourth-order valence-electron chi connectivity index (χ4n) is 2.26. The molecule has 2 aromatic carbocycles. The highest BCUT2D eigenvalue weighted by molar-refractivity contribution is 7.99. The number of hydrogen-bond donors (Lipinski definition) is 2. The molecule has 0 aliphatic heterocycles. The molecule has 166 valence electrons. The van der Waals surface area contributed by atoms with Gasteiger partial charge in [0.15, 0.2) is 0 Å². The molecule has 0 aromatic heterocycles. The zero-order valence-electron chi connectivity index (χ0n) is 16.6. The monoisotopic (exact) mass is 451 g/mol. The van der Waals surface area contributed by atoms with Crippen molar-refractivity contribution < 1.29 is 43.8 Å². The normalized spacial score (nSPS) is 10.6. The minimum Gasteiger partial charge on any atom is -0.426 e. The van der Waals surface area contributed by atoms with E-state index in [2.05, 4.69) is 4.84 Å². The van der Waals surface area contributed by atoms with Crippen molar-refractivity contribution in [3.05, 3.63) is 59.7 Å². The maximum Gasteiger partial charge on any atom is 0.344 e. The lowest BCUT2D eigenvalue weighted by Gasteiger charge is -2.09. The van der Waals surface area contributed by atoms with Crippen molar-refractivity contribution in [3.63, 3.8) is 0 Å². The van der Waals surface area contributed by atoms with Gasteiger partial charge in [-0.3, -0.25) is 20.0 Å². The molecule has 0 bridgehead atoms. The zero-order valence-corrected chi connectivity index (χ0v) is 17.4. The predicted octanol–water partition coefficient (Wildman–Crippen LogP) is 3.08. The Balaban J connectivity index is 1.77. The summed E-state index contributed by atoms with van der Waals surface area (Å²) >= 11 is 1.50. The number of hydrogen-bond acceptors (Lipinski definition) is 11. The van der Waals surface area contributed by atoms with Gasteiger partial charge in [-0.1, -0.05) is 12.1 Å². The number of thioether (sulfide) groups is 1. The Morgan fingerprint density at radius 1 is 0.968 bits per heavy atom. The van der Waals surface area contributed by atoms with E-state index in [1.807, 2.05) is 0 Å². The Labute approximate surface area is 182 Å². The number of ether oxygens (including phenoxy) is 3. The van der Waals surface area contributed by atoms with E-state index in [-0.39, 0.29) is 28.9 Å². The van der Waals surface area contributed by atoms with Gasteiger partial charge in [0, 0.05) is 17.6 Å². The van der Waals surface area contributed by atoms with Gasteiger partial charge in [0.2, 0.25) is 6.79 Å². The Hall–Kier alpha value is -2.96. The van der Waals surface area contributed by atoms with Crippen LogP contribution < -0.4 is 4.74 Å². The van der Waals surface area contributed by atoms with Crippen LogP contribution >= 0.6 is 11.8 Å². The maximum atomic E-state index is 12.1. The van der Waals surface area contributed by atoms with E-state index < -0.39 is 24.7 Å². The van der Waals surface area contributed by atoms with Gasteiger partial charge < -0.3 is 14.2 Å². The first kappa shape index (κ1) is 24.3. The largest absolute Gasteiger partial charge is 0.426 e. The molecule has 0 spiro atoms. The molecule has 31 heavy (non-hydrogen) atoms. The average molecular weight is 451 g/mol. The summed E-state index contributed by atoms with van der Waals surface area (Å²) in [6, 6.07) is 12.7. The van der Waals surface area contributed by atoms with Gasteiger partial charge >= 0.3 is 17.9 Å². The standard InChI is InChI=1S/C20H21NO9S/c1-14(22)30-18-6-3-2-5-17(18)20(24)28-13-27-19(23)15-7-9-16(10-8-15)31-12-4-11-29-21(25)26/h2-3,5-10,25-26H,4,11-13H2,1H3. The Kier molecular flexibility index (Phi) is 9.94. The SMILES string of the molecule is CC(=O)Oc1ccccc1C(=O)OCOC(=O)c1ccc(SCCCON(O)O)cc1. The van der Waals surface area contributed by atoms with Gasteiger partial charge in [0.1, 0.15) is 11.3 Å². The van der Waals surface area contributed by atoms with Crippen LogP contribution in [0.1, 0.15) is 34.1 Å². The van der Waals surface area contributed by atoms with E-state index in [1.54, 1.807) is 36.4 Å². The molecule has 11 heteroatoms. The van der Waals surface area contributed by atoms with Gasteiger partial charge in [-0.25, -0.2) is 9.59 Å². The first-order valence-corrected chi connectivity index (χ1v) is 10.0. The third-order valence-corrected chi connectivity index (χ3v) is 4.69. The van der Waals surface area contributed by atoms with Gasteiger partial charge in [-0.05, 0) is 42.8 Å². The summed E-state index contributed by atoms with van der Waals surface area (Å²) in [5.41, 5.74) is 0.312. The molecule has 10 nitrogen and oxygen atoms in total. The van der Waals surface area contributed by atoms with Crippen LogP contribution in [-0.2, 0) is 19.1 Å². The molecule has 0 aliphatic rings. The Morgan fingerprint density at radius 3 is 2.32 bits per heavy atom. The van der Waals surface area contributed by atoms with Gasteiger partial charge in [-0.15, -0.1) is 11.8 Å². The third kappa shape index (κ3) is 8.74. The smallest absolute Gasteiger partial charge is 0.344 e. The highest BCUT2D eigenvalue weighted by Crippen LogP contribution is 2.21. The number of carbonyl (C=O) groups excluding carboxylic acids is 3. The van der Waals surface area contributed by atoms with Crippen molar-refractivity contribution in [1.29, 1.82) is 0 Å². The van der Waals surface area contributed by atoms with Crippen molar-refractivity contribution in [1.82, 2.24) is 5.39 Å². The maximum absolute atomic E-state index is 12.1. The quantitative estimate of drug-likeness (QED) is 0.130. The zero-order chi connectivity index (χ0) is 22.6. The molecule has 0 saturated carbocycles. The van der Waals surface area contributed by atoms with Crippen molar-refractivity contribution in [2.24, 2.45) is 0 Å². The van der Waals surface area contributed by atoms with Crippen LogP contribution in [0.5, 0.6) is 5.75 Å². The minimum absolute atomic E-state index is 0.0335. The number of nitrogens with zero attached hydrogens (tertiary/aromatic N) is 1. The molecule has 0 fully saturated rings. The summed E-state index contributed by atoms with van der Waals surface area (Å²) in [6.45, 7) is 0.757. The van der Waals surface area contributed by atoms with Gasteiger partial charge in [0.05, 0.1) is 17.6 Å². The highest BCUT2D eigenvalue weighted by Gasteiger charge is 2.16. The van der Waals surface area contributed by atoms with E-state index in [0.717, 1.165) is 4.90 Å². The summed E-state index contributed by atoms with van der Waals surface area (Å²) in [7, 11) is 0. The summed E-state index contributed by atoms with van der Waals surface area (Å²) in [5, 5.41) is 16.5. The van der Waals surface area contributed by atoms with Crippen LogP contribution in [0.25, 0.3) is 0 Å². The van der Waals surface area contributed by atoms with Crippen molar-refractivity contribution in [2.75, 3.05) is 19.2 Å². The lowest BCUT2D eigenvalue weighted by atomic mass is 10.2. The van der Waals surface area contributed by atoms with Crippen molar-refractivity contribution in [3.8, 4) is 5.75 Å². The van der Waals surface area contributed by atoms with E-state index in [4.69, 9.17) is 24.6 Å². The van der Waals surface area contributed by atoms with Gasteiger partial charge in [-0.2, -0.15) is 0 Å². The summed E-state index contributed by atoms with van der Waals surface area (Å²) in [6.07, 6.45) is 0.581. The van der Waals surface area contributed by atoms with E-state index in [0.29, 0.717) is 12.2 Å². The predicted molar refractivity (Wildman–Crippen MR) is 107 cm³/mol. The lowest BCUT2D eigenvalue weighted by Crippen LogP contribution is -2.15. The first-order chi connectivity index (χ1) is 14.9. The Morgan fingerprint density at radius 2 is 1.65 bits per heavy atom. The van der Waals surface area contributed by atoms with Crippen LogP contribution in [-0.4, -0.2) is 52.9 Å². The molecule has 0 unspecified atom stereocenters. The molecule has 0 radical (unpaired) electrons. The summed E-state index contributed by atoms with van der Waals surface area (Å²) in [4.78, 5) is 40.7.